The van der Waals surface area contributed by atoms with Gasteiger partial charge in [-0.1, -0.05) is 75.6 Å². The van der Waals surface area contributed by atoms with Crippen LogP contribution in [0.2, 0.25) is 0 Å². The lowest BCUT2D eigenvalue weighted by Gasteiger charge is -2.36. The minimum Gasteiger partial charge on any atom is -0.325 e. The Balaban J connectivity index is 1.76. The summed E-state index contributed by atoms with van der Waals surface area (Å²) in [6, 6.07) is 16.9. The van der Waals surface area contributed by atoms with Crippen LogP contribution in [0.5, 0.6) is 0 Å². The summed E-state index contributed by atoms with van der Waals surface area (Å²) in [7, 11) is 0. The van der Waals surface area contributed by atoms with E-state index in [2.05, 4.69) is 19.2 Å². The van der Waals surface area contributed by atoms with Gasteiger partial charge in [0, 0.05) is 15.9 Å². The summed E-state index contributed by atoms with van der Waals surface area (Å²) in [6.07, 6.45) is 7.39. The molecule has 154 valence electrons. The number of para-hydroxylation sites is 1. The number of rotatable bonds is 7. The lowest BCUT2D eigenvalue weighted by atomic mass is 9.69. The van der Waals surface area contributed by atoms with E-state index in [-0.39, 0.29) is 16.4 Å². The van der Waals surface area contributed by atoms with Gasteiger partial charge in [-0.3, -0.25) is 9.59 Å². The molecule has 3 nitrogen and oxygen atoms in total. The summed E-state index contributed by atoms with van der Waals surface area (Å²) in [4.78, 5) is 26.8. The van der Waals surface area contributed by atoms with E-state index < -0.39 is 0 Å². The second-order valence-corrected chi connectivity index (χ2v) is 9.49. The molecule has 0 aliphatic heterocycles. The number of thioether (sulfide) groups is 1. The van der Waals surface area contributed by atoms with Gasteiger partial charge < -0.3 is 5.32 Å². The van der Waals surface area contributed by atoms with Crippen LogP contribution in [-0.4, -0.2) is 11.0 Å². The van der Waals surface area contributed by atoms with E-state index in [4.69, 9.17) is 0 Å². The van der Waals surface area contributed by atoms with Crippen LogP contribution in [0, 0.1) is 11.3 Å². The molecule has 2 aromatic carbocycles. The van der Waals surface area contributed by atoms with Crippen molar-refractivity contribution in [3.05, 3.63) is 60.2 Å². The highest BCUT2D eigenvalue weighted by Crippen LogP contribution is 2.42. The summed E-state index contributed by atoms with van der Waals surface area (Å²) < 4.78 is 0. The van der Waals surface area contributed by atoms with E-state index in [1.165, 1.54) is 18.2 Å². The van der Waals surface area contributed by atoms with Gasteiger partial charge >= 0.3 is 0 Å². The first-order chi connectivity index (χ1) is 14.0. The van der Waals surface area contributed by atoms with Crippen LogP contribution >= 0.6 is 11.8 Å². The molecule has 3 rings (SSSR count). The Labute approximate surface area is 178 Å². The van der Waals surface area contributed by atoms with Crippen LogP contribution in [0.1, 0.15) is 69.2 Å². The Morgan fingerprint density at radius 3 is 2.31 bits per heavy atom. The second kappa shape index (κ2) is 10.1. The number of amides is 1. The van der Waals surface area contributed by atoms with E-state index in [1.807, 2.05) is 54.6 Å². The fraction of sp³-hybridized carbons (Fsp3) is 0.440. The quantitative estimate of drug-likeness (QED) is 0.504. The van der Waals surface area contributed by atoms with Gasteiger partial charge in [-0.25, -0.2) is 0 Å². The molecule has 0 radical (unpaired) electrons. The molecule has 1 aliphatic rings. The van der Waals surface area contributed by atoms with Gasteiger partial charge in [0.1, 0.15) is 0 Å². The molecule has 0 aromatic heterocycles. The van der Waals surface area contributed by atoms with E-state index in [1.54, 1.807) is 0 Å². The third-order valence-corrected chi connectivity index (χ3v) is 6.84. The first kappa shape index (κ1) is 21.6. The first-order valence-corrected chi connectivity index (χ1v) is 11.5. The van der Waals surface area contributed by atoms with Gasteiger partial charge in [0.15, 0.2) is 0 Å². The number of hydrogen-bond donors (Lipinski definition) is 1. The molecular formula is C25H31NO2S. The van der Waals surface area contributed by atoms with Crippen molar-refractivity contribution in [2.24, 2.45) is 11.3 Å². The van der Waals surface area contributed by atoms with Crippen LogP contribution in [0.25, 0.3) is 0 Å². The average molecular weight is 410 g/mol. The van der Waals surface area contributed by atoms with Crippen LogP contribution in [-0.2, 0) is 4.79 Å². The number of hydrogen-bond acceptors (Lipinski definition) is 3. The minimum atomic E-state index is -0.274. The fourth-order valence-corrected chi connectivity index (χ4v) is 4.86. The summed E-state index contributed by atoms with van der Waals surface area (Å²) in [5, 5.41) is 3.18. The molecule has 0 spiro atoms. The number of benzene rings is 2. The second-order valence-electron chi connectivity index (χ2n) is 8.48. The molecule has 1 saturated carbocycles. The molecule has 0 saturated heterocycles. The fourth-order valence-electron chi connectivity index (χ4n) is 4.03. The van der Waals surface area contributed by atoms with Crippen molar-refractivity contribution in [2.45, 2.75) is 63.7 Å². The van der Waals surface area contributed by atoms with Gasteiger partial charge in [-0.2, -0.15) is 0 Å². The minimum absolute atomic E-state index is 0.0144. The summed E-state index contributed by atoms with van der Waals surface area (Å²) in [5.41, 5.74) is 1.13. The van der Waals surface area contributed by atoms with E-state index >= 15 is 0 Å². The van der Waals surface area contributed by atoms with Crippen molar-refractivity contribution in [3.63, 3.8) is 0 Å². The van der Waals surface area contributed by atoms with Gasteiger partial charge in [-0.15, -0.1) is 0 Å². The Kier molecular flexibility index (Phi) is 7.54. The Bertz CT molecular complexity index is 826. The zero-order valence-corrected chi connectivity index (χ0v) is 18.3. The Morgan fingerprint density at radius 1 is 0.966 bits per heavy atom. The predicted octanol–water partition coefficient (Wildman–Crippen LogP) is 6.94. The van der Waals surface area contributed by atoms with Gasteiger partial charge in [0.2, 0.25) is 11.0 Å². The molecule has 1 fully saturated rings. The Hall–Kier alpha value is -2.07. The summed E-state index contributed by atoms with van der Waals surface area (Å²) >= 11 is 1.18. The van der Waals surface area contributed by atoms with Crippen molar-refractivity contribution in [2.75, 3.05) is 5.32 Å². The molecule has 0 bridgehead atoms. The highest BCUT2D eigenvalue weighted by Gasteiger charge is 2.39. The average Bonchev–Trinajstić information content (AvgIpc) is 2.75. The molecule has 0 atom stereocenters. The molecule has 29 heavy (non-hydrogen) atoms. The van der Waals surface area contributed by atoms with Gasteiger partial charge in [0.25, 0.3) is 0 Å². The Morgan fingerprint density at radius 2 is 1.62 bits per heavy atom. The number of anilines is 1. The third kappa shape index (κ3) is 5.72. The van der Waals surface area contributed by atoms with E-state index in [0.29, 0.717) is 11.5 Å². The van der Waals surface area contributed by atoms with E-state index in [0.717, 1.165) is 49.1 Å². The highest BCUT2D eigenvalue weighted by molar-refractivity contribution is 8.14. The van der Waals surface area contributed by atoms with Crippen molar-refractivity contribution >= 4 is 28.5 Å². The van der Waals surface area contributed by atoms with Crippen LogP contribution in [0.15, 0.2) is 59.5 Å². The van der Waals surface area contributed by atoms with Crippen molar-refractivity contribution in [3.8, 4) is 0 Å². The molecule has 1 N–H and O–H groups in total. The zero-order valence-electron chi connectivity index (χ0n) is 17.4. The molecule has 0 heterocycles. The van der Waals surface area contributed by atoms with E-state index in [9.17, 15) is 9.59 Å². The predicted molar refractivity (Wildman–Crippen MR) is 121 cm³/mol. The molecule has 1 aliphatic carbocycles. The largest absolute Gasteiger partial charge is 0.325 e. The maximum atomic E-state index is 13.4. The normalized spacial score (nSPS) is 15.8. The van der Waals surface area contributed by atoms with Crippen LogP contribution in [0.3, 0.4) is 0 Å². The molecular weight excluding hydrogens is 378 g/mol. The highest BCUT2D eigenvalue weighted by atomic mass is 32.2. The summed E-state index contributed by atoms with van der Waals surface area (Å²) in [6.45, 7) is 4.44. The van der Waals surface area contributed by atoms with Gasteiger partial charge in [0.05, 0.1) is 5.69 Å². The van der Waals surface area contributed by atoms with Crippen molar-refractivity contribution in [1.82, 2.24) is 0 Å². The van der Waals surface area contributed by atoms with Crippen molar-refractivity contribution in [1.29, 1.82) is 0 Å². The van der Waals surface area contributed by atoms with Gasteiger partial charge in [-0.05, 0) is 55.5 Å². The monoisotopic (exact) mass is 409 g/mol. The maximum Gasteiger partial charge on any atom is 0.230 e. The standard InChI is InChI=1S/C25H31NO2S/c1-19(2)15-18-25(16-9-4-10-17-25)24(28)26-21-13-7-8-14-22(21)29-23(27)20-11-5-3-6-12-20/h3,5-8,11-14,19H,4,9-10,15-18H2,1-2H3,(H,26,28). The molecule has 4 heteroatoms. The van der Waals surface area contributed by atoms with Crippen molar-refractivity contribution < 1.29 is 9.59 Å². The van der Waals surface area contributed by atoms with Crippen LogP contribution in [0.4, 0.5) is 5.69 Å². The lowest BCUT2D eigenvalue weighted by molar-refractivity contribution is -0.128. The molecule has 2 aromatic rings. The summed E-state index contributed by atoms with van der Waals surface area (Å²) in [5.74, 6) is 0.714. The third-order valence-electron chi connectivity index (χ3n) is 5.84. The number of carbonyl (C=O) groups excluding carboxylic acids is 2. The number of nitrogens with one attached hydrogen (secondary N) is 1. The maximum absolute atomic E-state index is 13.4. The first-order valence-electron chi connectivity index (χ1n) is 10.7. The lowest BCUT2D eigenvalue weighted by Crippen LogP contribution is -2.38. The topological polar surface area (TPSA) is 46.2 Å². The smallest absolute Gasteiger partial charge is 0.230 e. The number of carbonyl (C=O) groups is 2. The SMILES string of the molecule is CC(C)CCC1(C(=O)Nc2ccccc2SC(=O)c2ccccc2)CCCCC1. The van der Waals surface area contributed by atoms with Crippen LogP contribution < -0.4 is 5.32 Å². The zero-order chi connectivity index (χ0) is 20.7. The molecule has 1 amide bonds. The molecule has 0 unspecified atom stereocenters.